The first-order valence-electron chi connectivity index (χ1n) is 11.5. The summed E-state index contributed by atoms with van der Waals surface area (Å²) < 4.78 is 7.14. The number of rotatable bonds is 8. The maximum atomic E-state index is 12.6. The first kappa shape index (κ1) is 22.9. The summed E-state index contributed by atoms with van der Waals surface area (Å²) in [6, 6.07) is 27.0. The van der Waals surface area contributed by atoms with Crippen LogP contribution in [0.25, 0.3) is 10.9 Å². The van der Waals surface area contributed by atoms with Crippen LogP contribution in [0.4, 0.5) is 28.8 Å². The van der Waals surface area contributed by atoms with Gasteiger partial charge in [-0.25, -0.2) is 4.98 Å². The summed E-state index contributed by atoms with van der Waals surface area (Å²) in [6.07, 6.45) is 1.93. The monoisotopic (exact) mass is 478 g/mol. The normalized spacial score (nSPS) is 10.7. The number of aryl methyl sites for hydroxylation is 1. The van der Waals surface area contributed by atoms with Gasteiger partial charge < -0.3 is 25.3 Å². The summed E-state index contributed by atoms with van der Waals surface area (Å²) in [5.74, 6) is 1.85. The molecule has 0 saturated carbocycles. The van der Waals surface area contributed by atoms with E-state index in [4.69, 9.17) is 4.74 Å². The van der Waals surface area contributed by atoms with Gasteiger partial charge >= 0.3 is 0 Å². The Morgan fingerprint density at radius 1 is 0.861 bits per heavy atom. The van der Waals surface area contributed by atoms with Crippen LogP contribution in [0.1, 0.15) is 5.69 Å². The van der Waals surface area contributed by atoms with Gasteiger partial charge in [0.2, 0.25) is 11.9 Å². The van der Waals surface area contributed by atoms with Crippen LogP contribution < -0.4 is 20.7 Å². The van der Waals surface area contributed by atoms with Crippen molar-refractivity contribution in [3.63, 3.8) is 0 Å². The molecule has 3 aromatic carbocycles. The molecule has 0 radical (unpaired) electrons. The molecule has 0 spiro atoms. The SMILES string of the molecule is COc1ccc(Nc2cc(C)nc(Nc3ccc(NC(=O)Cn4ccc5ccccc54)cc3)n2)cc1. The van der Waals surface area contributed by atoms with Gasteiger partial charge in [0.25, 0.3) is 0 Å². The first-order valence-corrected chi connectivity index (χ1v) is 11.5. The Labute approximate surface area is 209 Å². The van der Waals surface area contributed by atoms with Crippen molar-refractivity contribution < 1.29 is 9.53 Å². The minimum absolute atomic E-state index is 0.0895. The number of para-hydroxylation sites is 1. The molecule has 3 N–H and O–H groups in total. The average molecular weight is 479 g/mol. The Kier molecular flexibility index (Phi) is 6.48. The lowest BCUT2D eigenvalue weighted by Gasteiger charge is -2.11. The molecular weight excluding hydrogens is 452 g/mol. The predicted octanol–water partition coefficient (Wildman–Crippen LogP) is 5.87. The first-order chi connectivity index (χ1) is 17.6. The fraction of sp³-hybridized carbons (Fsp3) is 0.107. The summed E-state index contributed by atoms with van der Waals surface area (Å²) in [5, 5.41) is 10.6. The number of carbonyl (C=O) groups is 1. The molecule has 0 saturated heterocycles. The number of hydrogen-bond donors (Lipinski definition) is 3. The predicted molar refractivity (Wildman–Crippen MR) is 143 cm³/mol. The third kappa shape index (κ3) is 5.44. The second-order valence-electron chi connectivity index (χ2n) is 8.32. The smallest absolute Gasteiger partial charge is 0.244 e. The van der Waals surface area contributed by atoms with Crippen molar-refractivity contribution in [1.29, 1.82) is 0 Å². The van der Waals surface area contributed by atoms with Crippen molar-refractivity contribution in [3.05, 3.63) is 96.8 Å². The summed E-state index contributed by atoms with van der Waals surface area (Å²) >= 11 is 0. The molecule has 8 nitrogen and oxygen atoms in total. The van der Waals surface area contributed by atoms with Crippen LogP contribution in [0.2, 0.25) is 0 Å². The van der Waals surface area contributed by atoms with E-state index >= 15 is 0 Å². The summed E-state index contributed by atoms with van der Waals surface area (Å²) in [6.45, 7) is 2.16. The highest BCUT2D eigenvalue weighted by atomic mass is 16.5. The molecule has 0 fully saturated rings. The lowest BCUT2D eigenvalue weighted by Crippen LogP contribution is -2.18. The minimum atomic E-state index is -0.0895. The van der Waals surface area contributed by atoms with Crippen LogP contribution in [-0.2, 0) is 11.3 Å². The number of fused-ring (bicyclic) bond motifs is 1. The third-order valence-electron chi connectivity index (χ3n) is 5.64. The van der Waals surface area contributed by atoms with Crippen molar-refractivity contribution in [3.8, 4) is 5.75 Å². The van der Waals surface area contributed by atoms with Crippen LogP contribution in [0.5, 0.6) is 5.75 Å². The third-order valence-corrected chi connectivity index (χ3v) is 5.64. The number of nitrogens with one attached hydrogen (secondary N) is 3. The Balaban J connectivity index is 1.21. The Hall–Kier alpha value is -4.85. The molecule has 2 aromatic heterocycles. The largest absolute Gasteiger partial charge is 0.497 e. The molecule has 0 aliphatic carbocycles. The van der Waals surface area contributed by atoms with Gasteiger partial charge in [0.05, 0.1) is 7.11 Å². The van der Waals surface area contributed by atoms with Gasteiger partial charge in [-0.3, -0.25) is 4.79 Å². The maximum Gasteiger partial charge on any atom is 0.244 e. The van der Waals surface area contributed by atoms with Crippen molar-refractivity contribution in [1.82, 2.24) is 14.5 Å². The van der Waals surface area contributed by atoms with E-state index in [2.05, 4.69) is 25.9 Å². The average Bonchev–Trinajstić information content (AvgIpc) is 3.28. The highest BCUT2D eigenvalue weighted by molar-refractivity contribution is 5.92. The van der Waals surface area contributed by atoms with Crippen LogP contribution in [-0.4, -0.2) is 27.6 Å². The summed E-state index contributed by atoms with van der Waals surface area (Å²) in [5.41, 5.74) is 4.28. The number of nitrogens with zero attached hydrogens (tertiary/aromatic N) is 3. The number of hydrogen-bond acceptors (Lipinski definition) is 6. The molecule has 0 bridgehead atoms. The fourth-order valence-corrected chi connectivity index (χ4v) is 3.91. The standard InChI is InChI=1S/C28H26N6O2/c1-19-17-26(30-21-11-13-24(36-2)14-12-21)33-28(29-19)32-23-9-7-22(8-10-23)31-27(35)18-34-16-15-20-5-3-4-6-25(20)34/h3-17H,18H2,1-2H3,(H,31,35)(H2,29,30,32,33). The van der Waals surface area contributed by atoms with E-state index in [0.717, 1.165) is 33.7 Å². The van der Waals surface area contributed by atoms with Crippen molar-refractivity contribution >= 4 is 45.6 Å². The molecule has 180 valence electrons. The minimum Gasteiger partial charge on any atom is -0.497 e. The molecule has 5 rings (SSSR count). The Morgan fingerprint density at radius 2 is 1.56 bits per heavy atom. The van der Waals surface area contributed by atoms with Crippen LogP contribution in [0, 0.1) is 6.92 Å². The van der Waals surface area contributed by atoms with E-state index in [9.17, 15) is 4.79 Å². The zero-order chi connectivity index (χ0) is 24.9. The Bertz CT molecular complexity index is 1490. The quantitative estimate of drug-likeness (QED) is 0.258. The number of aromatic nitrogens is 3. The number of methoxy groups -OCH3 is 1. The van der Waals surface area contributed by atoms with Crippen molar-refractivity contribution in [2.24, 2.45) is 0 Å². The van der Waals surface area contributed by atoms with Gasteiger partial charge in [-0.2, -0.15) is 4.98 Å². The van der Waals surface area contributed by atoms with E-state index < -0.39 is 0 Å². The molecule has 8 heteroatoms. The summed E-state index contributed by atoms with van der Waals surface area (Å²) in [7, 11) is 1.64. The van der Waals surface area contributed by atoms with Gasteiger partial charge in [0, 0.05) is 40.5 Å². The van der Waals surface area contributed by atoms with E-state index in [1.807, 2.05) is 103 Å². The van der Waals surface area contributed by atoms with Crippen LogP contribution in [0.15, 0.2) is 91.1 Å². The molecule has 0 aliphatic rings. The number of carbonyl (C=O) groups excluding carboxylic acids is 1. The molecule has 2 heterocycles. The maximum absolute atomic E-state index is 12.6. The van der Waals surface area contributed by atoms with Crippen molar-refractivity contribution in [2.45, 2.75) is 13.5 Å². The van der Waals surface area contributed by atoms with E-state index in [1.165, 1.54) is 0 Å². The fourth-order valence-electron chi connectivity index (χ4n) is 3.91. The van der Waals surface area contributed by atoms with Crippen molar-refractivity contribution in [2.75, 3.05) is 23.1 Å². The topological polar surface area (TPSA) is 93.1 Å². The molecule has 0 atom stereocenters. The van der Waals surface area contributed by atoms with Gasteiger partial charge in [-0.1, -0.05) is 18.2 Å². The van der Waals surface area contributed by atoms with Gasteiger partial charge in [0.15, 0.2) is 0 Å². The summed E-state index contributed by atoms with van der Waals surface area (Å²) in [4.78, 5) is 21.6. The zero-order valence-corrected chi connectivity index (χ0v) is 20.0. The highest BCUT2D eigenvalue weighted by Gasteiger charge is 2.08. The number of amides is 1. The molecule has 1 amide bonds. The number of benzene rings is 3. The zero-order valence-electron chi connectivity index (χ0n) is 20.0. The molecule has 0 unspecified atom stereocenters. The molecular formula is C28H26N6O2. The number of anilines is 5. The van der Waals surface area contributed by atoms with E-state index in [0.29, 0.717) is 17.5 Å². The highest BCUT2D eigenvalue weighted by Crippen LogP contribution is 2.22. The van der Waals surface area contributed by atoms with Gasteiger partial charge in [0.1, 0.15) is 18.1 Å². The second-order valence-corrected chi connectivity index (χ2v) is 8.32. The van der Waals surface area contributed by atoms with Crippen LogP contribution in [0.3, 0.4) is 0 Å². The van der Waals surface area contributed by atoms with Gasteiger partial charge in [-0.15, -0.1) is 0 Å². The Morgan fingerprint density at radius 3 is 2.33 bits per heavy atom. The molecule has 5 aromatic rings. The lowest BCUT2D eigenvalue weighted by molar-refractivity contribution is -0.116. The van der Waals surface area contributed by atoms with E-state index in [-0.39, 0.29) is 12.5 Å². The molecule has 36 heavy (non-hydrogen) atoms. The number of ether oxygens (including phenoxy) is 1. The second kappa shape index (κ2) is 10.2. The van der Waals surface area contributed by atoms with Crippen LogP contribution >= 0.6 is 0 Å². The molecule has 0 aliphatic heterocycles. The van der Waals surface area contributed by atoms with Gasteiger partial charge in [-0.05, 0) is 73.0 Å². The van der Waals surface area contributed by atoms with E-state index in [1.54, 1.807) is 7.11 Å². The lowest BCUT2D eigenvalue weighted by atomic mass is 10.2.